The molecule has 0 N–H and O–H groups in total. The molecule has 2 aromatic carbocycles. The van der Waals surface area contributed by atoms with Crippen molar-refractivity contribution >= 4 is 8.51 Å². The van der Waals surface area contributed by atoms with E-state index in [1.165, 1.54) is 44.8 Å². The van der Waals surface area contributed by atoms with Crippen LogP contribution >= 0.6 is 8.51 Å². The average Bonchev–Trinajstić information content (AvgIpc) is 2.85. The molecule has 3 aromatic rings. The van der Waals surface area contributed by atoms with E-state index in [2.05, 4.69) is 86.9 Å². The smallest absolute Gasteiger partial charge is 0.179 e. The molecule has 0 atom stereocenters. The zero-order chi connectivity index (χ0) is 16.7. The average molecular weight is 323 g/mol. The number of hydrogen-bond acceptors (Lipinski definition) is 0. The molecule has 0 fully saturated rings. The quantitative estimate of drug-likeness (QED) is 0.614. The van der Waals surface area contributed by atoms with E-state index in [-0.39, 0.29) is 0 Å². The summed E-state index contributed by atoms with van der Waals surface area (Å²) >= 11 is 0. The number of benzene rings is 2. The van der Waals surface area contributed by atoms with Gasteiger partial charge in [0.1, 0.15) is 23.8 Å². The van der Waals surface area contributed by atoms with Gasteiger partial charge in [0.05, 0.1) is 0 Å². The van der Waals surface area contributed by atoms with Gasteiger partial charge in [0, 0.05) is 0 Å². The summed E-state index contributed by atoms with van der Waals surface area (Å²) in [6.07, 6.45) is 4.37. The SMILES string of the molecule is Cc1cc(C)c(-n2cc[n+](-c3c(C)cc(C)cc3C)p2)c(C)c1. The second-order valence-electron chi connectivity index (χ2n) is 6.57. The Bertz CT molecular complexity index is 772. The van der Waals surface area contributed by atoms with E-state index in [1.54, 1.807) is 0 Å². The lowest BCUT2D eigenvalue weighted by atomic mass is 10.1. The summed E-state index contributed by atoms with van der Waals surface area (Å²) in [6.45, 7) is 13.1. The predicted molar refractivity (Wildman–Crippen MR) is 98.2 cm³/mol. The molecule has 2 nitrogen and oxygen atoms in total. The van der Waals surface area contributed by atoms with E-state index < -0.39 is 0 Å². The molecule has 0 spiro atoms. The third kappa shape index (κ3) is 2.96. The van der Waals surface area contributed by atoms with Gasteiger partial charge in [-0.25, -0.2) is 0 Å². The first-order valence-electron chi connectivity index (χ1n) is 8.01. The molecule has 0 aliphatic heterocycles. The van der Waals surface area contributed by atoms with Crippen LogP contribution < -0.4 is 4.33 Å². The molecule has 0 bridgehead atoms. The first kappa shape index (κ1) is 16.0. The van der Waals surface area contributed by atoms with Crippen molar-refractivity contribution in [1.29, 1.82) is 0 Å². The van der Waals surface area contributed by atoms with Gasteiger partial charge in [-0.1, -0.05) is 35.4 Å². The van der Waals surface area contributed by atoms with Crippen molar-refractivity contribution in [3.63, 3.8) is 0 Å². The summed E-state index contributed by atoms with van der Waals surface area (Å²) in [7, 11) is 1.16. The Morgan fingerprint density at radius 3 is 1.74 bits per heavy atom. The number of aromatic nitrogens is 2. The van der Waals surface area contributed by atoms with E-state index in [0.29, 0.717) is 0 Å². The molecule has 0 radical (unpaired) electrons. The normalized spacial score (nSPS) is 11.4. The van der Waals surface area contributed by atoms with E-state index in [4.69, 9.17) is 0 Å². The van der Waals surface area contributed by atoms with Crippen LogP contribution in [0.2, 0.25) is 0 Å². The number of rotatable bonds is 2. The van der Waals surface area contributed by atoms with Gasteiger partial charge in [-0.05, 0) is 63.8 Å². The minimum absolute atomic E-state index is 1.16. The van der Waals surface area contributed by atoms with Crippen LogP contribution in [0.3, 0.4) is 0 Å². The van der Waals surface area contributed by atoms with Crippen LogP contribution in [-0.2, 0) is 0 Å². The van der Waals surface area contributed by atoms with Crippen LogP contribution in [0, 0.1) is 41.5 Å². The monoisotopic (exact) mass is 323 g/mol. The van der Waals surface area contributed by atoms with Crippen molar-refractivity contribution in [1.82, 2.24) is 4.33 Å². The van der Waals surface area contributed by atoms with Gasteiger partial charge in [-0.15, -0.1) is 0 Å². The van der Waals surface area contributed by atoms with E-state index in [0.717, 1.165) is 8.51 Å². The molecule has 118 valence electrons. The summed E-state index contributed by atoms with van der Waals surface area (Å²) in [4.78, 5) is 0. The van der Waals surface area contributed by atoms with Gasteiger partial charge in [-0.2, -0.15) is 8.66 Å². The fourth-order valence-electron chi connectivity index (χ4n) is 3.60. The third-order valence-electron chi connectivity index (χ3n) is 4.27. The Morgan fingerprint density at radius 1 is 0.739 bits per heavy atom. The highest BCUT2D eigenvalue weighted by Crippen LogP contribution is 2.25. The largest absolute Gasteiger partial charge is 0.357 e. The molecule has 0 unspecified atom stereocenters. The topological polar surface area (TPSA) is 8.81 Å². The zero-order valence-electron chi connectivity index (χ0n) is 14.8. The summed E-state index contributed by atoms with van der Waals surface area (Å²) in [6, 6.07) is 9.04. The van der Waals surface area contributed by atoms with E-state index in [9.17, 15) is 0 Å². The summed E-state index contributed by atoms with van der Waals surface area (Å²) in [5.74, 6) is 0. The molecule has 1 aromatic heterocycles. The Balaban J connectivity index is 2.13. The van der Waals surface area contributed by atoms with Gasteiger partial charge in [0.15, 0.2) is 0 Å². The highest BCUT2D eigenvalue weighted by atomic mass is 31.1. The fraction of sp³-hybridized carbons (Fsp3) is 0.300. The van der Waals surface area contributed by atoms with Crippen molar-refractivity contribution in [3.8, 4) is 11.4 Å². The minimum Gasteiger partial charge on any atom is -0.179 e. The summed E-state index contributed by atoms with van der Waals surface area (Å²) in [5, 5.41) is 0. The third-order valence-corrected chi connectivity index (χ3v) is 5.32. The zero-order valence-corrected chi connectivity index (χ0v) is 15.7. The summed E-state index contributed by atoms with van der Waals surface area (Å²) in [5.41, 5.74) is 10.6. The lowest BCUT2D eigenvalue weighted by Crippen LogP contribution is -2.25. The van der Waals surface area contributed by atoms with Crippen molar-refractivity contribution in [2.75, 3.05) is 0 Å². The molecular formula is C20H24N2P+. The van der Waals surface area contributed by atoms with Gasteiger partial charge < -0.3 is 0 Å². The van der Waals surface area contributed by atoms with Crippen LogP contribution in [0.25, 0.3) is 11.4 Å². The van der Waals surface area contributed by atoms with Gasteiger partial charge in [-0.3, -0.25) is 0 Å². The predicted octanol–water partition coefficient (Wildman–Crippen LogP) is 5.18. The minimum atomic E-state index is 1.16. The van der Waals surface area contributed by atoms with E-state index in [1.807, 2.05) is 0 Å². The first-order valence-corrected chi connectivity index (χ1v) is 8.81. The Labute approximate surface area is 140 Å². The number of hydrogen-bond donors (Lipinski definition) is 0. The van der Waals surface area contributed by atoms with Crippen molar-refractivity contribution in [2.24, 2.45) is 0 Å². The maximum absolute atomic E-state index is 2.32. The number of aryl methyl sites for hydroxylation is 6. The van der Waals surface area contributed by atoms with Crippen LogP contribution in [0.5, 0.6) is 0 Å². The van der Waals surface area contributed by atoms with Crippen LogP contribution in [0.1, 0.15) is 33.4 Å². The molecule has 0 saturated carbocycles. The van der Waals surface area contributed by atoms with Crippen molar-refractivity contribution in [2.45, 2.75) is 41.5 Å². The molecule has 0 aliphatic rings. The molecular weight excluding hydrogens is 299 g/mol. The second-order valence-corrected chi connectivity index (χ2v) is 7.61. The molecule has 0 aliphatic carbocycles. The first-order chi connectivity index (χ1) is 10.9. The maximum atomic E-state index is 2.32. The molecule has 1 heterocycles. The fourth-order valence-corrected chi connectivity index (χ4v) is 4.85. The van der Waals surface area contributed by atoms with Crippen molar-refractivity contribution in [3.05, 3.63) is 70.0 Å². The molecule has 0 saturated heterocycles. The molecule has 0 amide bonds. The number of nitrogens with zero attached hydrogens (tertiary/aromatic N) is 2. The standard InChI is InChI=1S/C20H24N2P/c1-13-9-15(3)19(16(4)10-13)21-7-8-22(23-21)20-17(5)11-14(2)12-18(20)6/h7-12H,1-6H3/q+1. The lowest BCUT2D eigenvalue weighted by molar-refractivity contribution is -0.518. The Morgan fingerprint density at radius 2 is 1.22 bits per heavy atom. The highest BCUT2D eigenvalue weighted by molar-refractivity contribution is 7.17. The van der Waals surface area contributed by atoms with Crippen LogP contribution in [-0.4, -0.2) is 4.33 Å². The van der Waals surface area contributed by atoms with E-state index >= 15 is 0 Å². The van der Waals surface area contributed by atoms with Gasteiger partial charge in [0.25, 0.3) is 0 Å². The molecule has 3 heteroatoms. The molecule has 3 rings (SSSR count). The second kappa shape index (κ2) is 5.94. The Kier molecular flexibility index (Phi) is 4.12. The van der Waals surface area contributed by atoms with Gasteiger partial charge in [0.2, 0.25) is 0 Å². The lowest BCUT2D eigenvalue weighted by Gasteiger charge is -2.07. The summed E-state index contributed by atoms with van der Waals surface area (Å²) < 4.78 is 4.64. The molecule has 23 heavy (non-hydrogen) atoms. The highest BCUT2D eigenvalue weighted by Gasteiger charge is 2.18. The Hall–Kier alpha value is -1.92. The van der Waals surface area contributed by atoms with Gasteiger partial charge >= 0.3 is 8.51 Å². The van der Waals surface area contributed by atoms with Crippen molar-refractivity contribution < 1.29 is 4.33 Å². The maximum Gasteiger partial charge on any atom is 0.357 e. The van der Waals surface area contributed by atoms with Crippen LogP contribution in [0.4, 0.5) is 0 Å². The van der Waals surface area contributed by atoms with Crippen LogP contribution in [0.15, 0.2) is 36.7 Å².